The fraction of sp³-hybridized carbons (Fsp3) is 0.0435. The van der Waals surface area contributed by atoms with Gasteiger partial charge in [-0.15, -0.1) is 0 Å². The largest absolute Gasteiger partial charge is 0.418 e. The maximum Gasteiger partial charge on any atom is 0.361 e. The Hall–Kier alpha value is -4.14. The lowest BCUT2D eigenvalue weighted by molar-refractivity contribution is 0.262. The van der Waals surface area contributed by atoms with Crippen molar-refractivity contribution in [3.05, 3.63) is 93.8 Å². The number of aryl methyl sites for hydroxylation is 1. The molecular formula is C23H14F4N2O3. The summed E-state index contributed by atoms with van der Waals surface area (Å²) in [6.45, 7) is 1.71. The molecule has 4 rings (SSSR count). The van der Waals surface area contributed by atoms with Crippen molar-refractivity contribution >= 4 is 28.4 Å². The molecule has 32 heavy (non-hydrogen) atoms. The number of hydrogen-bond donors (Lipinski definition) is 2. The molecular weight excluding hydrogens is 428 g/mol. The number of hydrogen-bond acceptors (Lipinski definition) is 3. The van der Waals surface area contributed by atoms with E-state index in [1.807, 2.05) is 0 Å². The highest BCUT2D eigenvalue weighted by atomic mass is 19.1. The van der Waals surface area contributed by atoms with Crippen molar-refractivity contribution in [2.45, 2.75) is 6.92 Å². The van der Waals surface area contributed by atoms with Crippen LogP contribution in [0.5, 0.6) is 0 Å². The predicted molar refractivity (Wildman–Crippen MR) is 112 cm³/mol. The van der Waals surface area contributed by atoms with Crippen LogP contribution in [0.1, 0.15) is 5.56 Å². The molecule has 1 aromatic heterocycles. The summed E-state index contributed by atoms with van der Waals surface area (Å²) in [5, 5.41) is 4.34. The number of carbonyl (C=O) groups is 1. The molecule has 2 amide bonds. The fourth-order valence-corrected chi connectivity index (χ4v) is 3.33. The maximum atomic E-state index is 14.3. The number of halogens is 4. The van der Waals surface area contributed by atoms with E-state index in [-0.39, 0.29) is 16.6 Å². The van der Waals surface area contributed by atoms with Crippen LogP contribution in [0.3, 0.4) is 0 Å². The molecule has 2 N–H and O–H groups in total. The summed E-state index contributed by atoms with van der Waals surface area (Å²) in [4.78, 5) is 25.2. The second-order valence-electron chi connectivity index (χ2n) is 6.92. The number of rotatable bonds is 3. The van der Waals surface area contributed by atoms with Crippen LogP contribution in [-0.2, 0) is 0 Å². The fourth-order valence-electron chi connectivity index (χ4n) is 3.33. The molecule has 0 spiro atoms. The van der Waals surface area contributed by atoms with E-state index in [4.69, 9.17) is 4.42 Å². The van der Waals surface area contributed by atoms with E-state index in [0.29, 0.717) is 23.3 Å². The van der Waals surface area contributed by atoms with Gasteiger partial charge in [0, 0.05) is 23.1 Å². The molecule has 5 nitrogen and oxygen atoms in total. The average Bonchev–Trinajstić information content (AvgIpc) is 2.72. The molecule has 0 saturated carbocycles. The van der Waals surface area contributed by atoms with Gasteiger partial charge in [-0.3, -0.25) is 0 Å². The van der Waals surface area contributed by atoms with E-state index in [2.05, 4.69) is 10.6 Å². The van der Waals surface area contributed by atoms with E-state index >= 15 is 0 Å². The van der Waals surface area contributed by atoms with Gasteiger partial charge in [0.2, 0.25) is 0 Å². The lowest BCUT2D eigenvalue weighted by Gasteiger charge is -2.15. The first-order chi connectivity index (χ1) is 15.2. The molecule has 0 radical (unpaired) electrons. The van der Waals surface area contributed by atoms with Gasteiger partial charge in [-0.1, -0.05) is 24.3 Å². The van der Waals surface area contributed by atoms with E-state index in [9.17, 15) is 27.2 Å². The summed E-state index contributed by atoms with van der Waals surface area (Å²) in [6, 6.07) is 9.71. The van der Waals surface area contributed by atoms with Crippen molar-refractivity contribution in [2.24, 2.45) is 0 Å². The number of benzene rings is 3. The Morgan fingerprint density at radius 2 is 1.59 bits per heavy atom. The van der Waals surface area contributed by atoms with Crippen LogP contribution in [0, 0.1) is 30.2 Å². The summed E-state index contributed by atoms with van der Waals surface area (Å²) >= 11 is 0. The van der Waals surface area contributed by atoms with Gasteiger partial charge in [0.25, 0.3) is 0 Å². The van der Waals surface area contributed by atoms with Gasteiger partial charge < -0.3 is 15.1 Å². The van der Waals surface area contributed by atoms with Gasteiger partial charge in [-0.05, 0) is 36.2 Å². The SMILES string of the molecule is Cc1ccccc1-c1c(NC(=O)Nc2ccc(F)cc2F)c(=O)oc2c(F)cc(F)cc12. The van der Waals surface area contributed by atoms with Gasteiger partial charge in [0.05, 0.1) is 5.69 Å². The van der Waals surface area contributed by atoms with Crippen LogP contribution < -0.4 is 16.3 Å². The molecule has 9 heteroatoms. The van der Waals surface area contributed by atoms with Crippen LogP contribution in [0.2, 0.25) is 0 Å². The molecule has 1 heterocycles. The second kappa shape index (κ2) is 8.18. The first-order valence-corrected chi connectivity index (χ1v) is 9.29. The zero-order valence-corrected chi connectivity index (χ0v) is 16.4. The summed E-state index contributed by atoms with van der Waals surface area (Å²) in [5.41, 5.74) is -1.24. The standard InChI is InChI=1S/C23H14F4N2O3/c1-11-4-2-3-5-14(11)19-15-8-13(25)10-17(27)21(15)32-22(30)20(19)29-23(31)28-18-7-6-12(24)9-16(18)26/h2-10H,1H3,(H2,28,29,31). The van der Waals surface area contributed by atoms with Crippen LogP contribution in [0.15, 0.2) is 63.8 Å². The Balaban J connectivity index is 1.88. The number of fused-ring (bicyclic) bond motifs is 1. The third kappa shape index (κ3) is 3.92. The van der Waals surface area contributed by atoms with Gasteiger partial charge in [-0.2, -0.15) is 0 Å². The topological polar surface area (TPSA) is 71.3 Å². The summed E-state index contributed by atoms with van der Waals surface area (Å²) in [7, 11) is 0. The Morgan fingerprint density at radius 3 is 2.31 bits per heavy atom. The number of urea groups is 1. The number of amides is 2. The smallest absolute Gasteiger partial charge is 0.361 e. The molecule has 0 fully saturated rings. The molecule has 0 aliphatic rings. The highest BCUT2D eigenvalue weighted by molar-refractivity contribution is 6.07. The van der Waals surface area contributed by atoms with Crippen molar-refractivity contribution in [3.63, 3.8) is 0 Å². The summed E-state index contributed by atoms with van der Waals surface area (Å²) in [6.07, 6.45) is 0. The van der Waals surface area contributed by atoms with Crippen molar-refractivity contribution in [1.29, 1.82) is 0 Å². The third-order valence-electron chi connectivity index (χ3n) is 4.76. The van der Waals surface area contributed by atoms with Gasteiger partial charge in [-0.25, -0.2) is 27.2 Å². The molecule has 0 aliphatic heterocycles. The monoisotopic (exact) mass is 442 g/mol. The molecule has 0 atom stereocenters. The minimum absolute atomic E-state index is 0.0301. The van der Waals surface area contributed by atoms with E-state index in [1.54, 1.807) is 31.2 Å². The quantitative estimate of drug-likeness (QED) is 0.303. The van der Waals surface area contributed by atoms with E-state index in [1.165, 1.54) is 0 Å². The van der Waals surface area contributed by atoms with Gasteiger partial charge in [0.1, 0.15) is 23.1 Å². The Labute approximate surface area is 178 Å². The Morgan fingerprint density at radius 1 is 0.875 bits per heavy atom. The minimum atomic E-state index is -1.10. The zero-order valence-electron chi connectivity index (χ0n) is 16.4. The highest BCUT2D eigenvalue weighted by Gasteiger charge is 2.22. The first-order valence-electron chi connectivity index (χ1n) is 9.29. The number of anilines is 2. The molecule has 0 saturated heterocycles. The Bertz CT molecular complexity index is 1430. The number of nitrogens with one attached hydrogen (secondary N) is 2. The highest BCUT2D eigenvalue weighted by Crippen LogP contribution is 2.36. The van der Waals surface area contributed by atoms with Crippen molar-refractivity contribution < 1.29 is 26.8 Å². The zero-order chi connectivity index (χ0) is 23.0. The van der Waals surface area contributed by atoms with Crippen LogP contribution >= 0.6 is 0 Å². The second-order valence-corrected chi connectivity index (χ2v) is 6.92. The lowest BCUT2D eigenvalue weighted by Crippen LogP contribution is -2.24. The lowest BCUT2D eigenvalue weighted by atomic mass is 9.96. The maximum absolute atomic E-state index is 14.3. The Kier molecular flexibility index (Phi) is 5.40. The third-order valence-corrected chi connectivity index (χ3v) is 4.76. The number of carbonyl (C=O) groups excluding carboxylic acids is 1. The van der Waals surface area contributed by atoms with Crippen LogP contribution in [-0.4, -0.2) is 6.03 Å². The molecule has 162 valence electrons. The normalized spacial score (nSPS) is 10.9. The van der Waals surface area contributed by atoms with Crippen LogP contribution in [0.4, 0.5) is 33.7 Å². The van der Waals surface area contributed by atoms with Crippen molar-refractivity contribution in [3.8, 4) is 11.1 Å². The molecule has 0 unspecified atom stereocenters. The molecule has 3 aromatic carbocycles. The first kappa shape index (κ1) is 21.1. The van der Waals surface area contributed by atoms with E-state index < -0.39 is 46.2 Å². The average molecular weight is 442 g/mol. The van der Waals surface area contributed by atoms with Crippen molar-refractivity contribution in [2.75, 3.05) is 10.6 Å². The predicted octanol–water partition coefficient (Wildman–Crippen LogP) is 5.97. The van der Waals surface area contributed by atoms with Gasteiger partial charge in [0.15, 0.2) is 11.4 Å². The van der Waals surface area contributed by atoms with Crippen LogP contribution in [0.25, 0.3) is 22.1 Å². The van der Waals surface area contributed by atoms with E-state index in [0.717, 1.165) is 18.2 Å². The van der Waals surface area contributed by atoms with Crippen molar-refractivity contribution in [1.82, 2.24) is 0 Å². The van der Waals surface area contributed by atoms with Gasteiger partial charge >= 0.3 is 11.7 Å². The molecule has 4 aromatic rings. The summed E-state index contributed by atoms with van der Waals surface area (Å²) in [5.74, 6) is -3.87. The molecule has 0 aliphatic carbocycles. The molecule has 0 bridgehead atoms. The summed E-state index contributed by atoms with van der Waals surface area (Å²) < 4.78 is 60.3. The minimum Gasteiger partial charge on any atom is -0.418 e.